The average Bonchev–Trinajstić information content (AvgIpc) is 2.94. The van der Waals surface area contributed by atoms with Gasteiger partial charge in [-0.1, -0.05) is 49.4 Å². The van der Waals surface area contributed by atoms with Crippen LogP contribution in [0.15, 0.2) is 60.2 Å². The van der Waals surface area contributed by atoms with E-state index < -0.39 is 17.7 Å². The molecule has 1 N–H and O–H groups in total. The van der Waals surface area contributed by atoms with E-state index in [0.717, 1.165) is 12.0 Å². The van der Waals surface area contributed by atoms with E-state index in [9.17, 15) is 14.7 Å². The van der Waals surface area contributed by atoms with Gasteiger partial charge in [-0.25, -0.2) is 0 Å². The zero-order valence-electron chi connectivity index (χ0n) is 15.5. The van der Waals surface area contributed by atoms with Crippen LogP contribution in [0.4, 0.5) is 0 Å². The third kappa shape index (κ3) is 3.58. The predicted molar refractivity (Wildman–Crippen MR) is 103 cm³/mol. The largest absolute Gasteiger partial charge is 0.507 e. The minimum absolute atomic E-state index is 0.119. The molecule has 0 spiro atoms. The number of hydrogen-bond acceptors (Lipinski definition) is 4. The van der Waals surface area contributed by atoms with Crippen LogP contribution in [0, 0.1) is 0 Å². The van der Waals surface area contributed by atoms with Gasteiger partial charge in [-0.3, -0.25) is 9.59 Å². The Labute approximate surface area is 158 Å². The van der Waals surface area contributed by atoms with Crippen LogP contribution in [0.1, 0.15) is 37.4 Å². The molecule has 27 heavy (non-hydrogen) atoms. The minimum atomic E-state index is -0.656. The number of benzene rings is 2. The fourth-order valence-corrected chi connectivity index (χ4v) is 3.39. The number of rotatable bonds is 6. The topological polar surface area (TPSA) is 66.8 Å². The van der Waals surface area contributed by atoms with Crippen LogP contribution in [0.3, 0.4) is 0 Å². The van der Waals surface area contributed by atoms with E-state index >= 15 is 0 Å². The van der Waals surface area contributed by atoms with Crippen molar-refractivity contribution in [2.24, 2.45) is 0 Å². The van der Waals surface area contributed by atoms with E-state index in [1.165, 1.54) is 4.90 Å². The van der Waals surface area contributed by atoms with Crippen LogP contribution in [0.25, 0.3) is 5.76 Å². The minimum Gasteiger partial charge on any atom is -0.507 e. The van der Waals surface area contributed by atoms with E-state index in [1.807, 2.05) is 44.2 Å². The van der Waals surface area contributed by atoms with Gasteiger partial charge in [-0.15, -0.1) is 0 Å². The summed E-state index contributed by atoms with van der Waals surface area (Å²) in [6, 6.07) is 15.6. The maximum Gasteiger partial charge on any atom is 0.295 e. The van der Waals surface area contributed by atoms with Crippen LogP contribution in [0.2, 0.25) is 0 Å². The third-order valence-electron chi connectivity index (χ3n) is 4.54. The van der Waals surface area contributed by atoms with Gasteiger partial charge in [0.2, 0.25) is 0 Å². The Bertz CT molecular complexity index is 873. The molecule has 1 atom stereocenters. The lowest BCUT2D eigenvalue weighted by molar-refractivity contribution is -0.139. The summed E-state index contributed by atoms with van der Waals surface area (Å²) in [5.74, 6) is -0.812. The number of aliphatic hydroxyl groups excluding tert-OH is 1. The van der Waals surface area contributed by atoms with E-state index in [-0.39, 0.29) is 11.3 Å². The lowest BCUT2D eigenvalue weighted by atomic mass is 9.95. The van der Waals surface area contributed by atoms with Crippen LogP contribution < -0.4 is 4.74 Å². The first-order chi connectivity index (χ1) is 13.1. The van der Waals surface area contributed by atoms with Crippen molar-refractivity contribution in [3.05, 3.63) is 71.3 Å². The van der Waals surface area contributed by atoms with Crippen molar-refractivity contribution in [2.45, 2.75) is 26.3 Å². The molecule has 2 aromatic rings. The number of carbonyl (C=O) groups is 2. The van der Waals surface area contributed by atoms with E-state index in [4.69, 9.17) is 4.74 Å². The Balaban J connectivity index is 2.14. The SMILES string of the molecule is CCCN1C(=O)C(=O)/C(=C(\O)c2cccc(OCC)c2)C1c1ccccc1. The van der Waals surface area contributed by atoms with Crippen molar-refractivity contribution in [3.8, 4) is 5.75 Å². The molecular formula is C22H23NO4. The molecule has 1 saturated heterocycles. The number of carbonyl (C=O) groups excluding carboxylic acids is 2. The number of ether oxygens (including phenoxy) is 1. The first kappa shape index (κ1) is 18.7. The molecule has 0 saturated carbocycles. The van der Waals surface area contributed by atoms with Gasteiger partial charge in [-0.05, 0) is 31.0 Å². The summed E-state index contributed by atoms with van der Waals surface area (Å²) in [7, 11) is 0. The molecule has 1 aliphatic heterocycles. The molecule has 140 valence electrons. The molecule has 1 fully saturated rings. The summed E-state index contributed by atoms with van der Waals surface area (Å²) >= 11 is 0. The number of hydrogen-bond donors (Lipinski definition) is 1. The molecule has 1 amide bonds. The van der Waals surface area contributed by atoms with Crippen molar-refractivity contribution < 1.29 is 19.4 Å². The van der Waals surface area contributed by atoms with Crippen molar-refractivity contribution in [3.63, 3.8) is 0 Å². The highest BCUT2D eigenvalue weighted by Crippen LogP contribution is 2.39. The van der Waals surface area contributed by atoms with Crippen LogP contribution in [-0.2, 0) is 9.59 Å². The second-order valence-electron chi connectivity index (χ2n) is 6.36. The molecule has 5 heteroatoms. The van der Waals surface area contributed by atoms with Gasteiger partial charge in [0.25, 0.3) is 11.7 Å². The Morgan fingerprint density at radius 1 is 1.07 bits per heavy atom. The fraction of sp³-hybridized carbons (Fsp3) is 0.273. The van der Waals surface area contributed by atoms with Crippen LogP contribution in [0.5, 0.6) is 5.75 Å². The van der Waals surface area contributed by atoms with Crippen molar-refractivity contribution in [1.29, 1.82) is 0 Å². The zero-order valence-corrected chi connectivity index (χ0v) is 15.5. The molecule has 0 aromatic heterocycles. The summed E-state index contributed by atoms with van der Waals surface area (Å²) in [4.78, 5) is 26.9. The first-order valence-electron chi connectivity index (χ1n) is 9.15. The van der Waals surface area contributed by atoms with Crippen LogP contribution >= 0.6 is 0 Å². The molecule has 0 aliphatic carbocycles. The summed E-state index contributed by atoms with van der Waals surface area (Å²) in [6.07, 6.45) is 0.718. The third-order valence-corrected chi connectivity index (χ3v) is 4.54. The number of nitrogens with zero attached hydrogens (tertiary/aromatic N) is 1. The van der Waals surface area contributed by atoms with Gasteiger partial charge in [0.05, 0.1) is 18.2 Å². The maximum absolute atomic E-state index is 12.8. The standard InChI is InChI=1S/C22H23NO4/c1-3-13-23-19(15-9-6-5-7-10-15)18(21(25)22(23)26)20(24)16-11-8-12-17(14-16)27-4-2/h5-12,14,19,24H,3-4,13H2,1-2H3/b20-18-. The second kappa shape index (κ2) is 8.08. The van der Waals surface area contributed by atoms with Crippen molar-refractivity contribution in [2.75, 3.05) is 13.2 Å². The maximum atomic E-state index is 12.8. The number of ketones is 1. The Kier molecular flexibility index (Phi) is 5.60. The lowest BCUT2D eigenvalue weighted by Gasteiger charge is -2.24. The Morgan fingerprint density at radius 3 is 2.48 bits per heavy atom. The van der Waals surface area contributed by atoms with Crippen molar-refractivity contribution >= 4 is 17.4 Å². The number of likely N-dealkylation sites (tertiary alicyclic amines) is 1. The van der Waals surface area contributed by atoms with E-state index in [0.29, 0.717) is 24.5 Å². The van der Waals surface area contributed by atoms with E-state index in [1.54, 1.807) is 24.3 Å². The molecule has 5 nitrogen and oxygen atoms in total. The quantitative estimate of drug-likeness (QED) is 0.479. The second-order valence-corrected chi connectivity index (χ2v) is 6.36. The summed E-state index contributed by atoms with van der Waals surface area (Å²) in [6.45, 7) is 4.76. The lowest BCUT2D eigenvalue weighted by Crippen LogP contribution is -2.30. The Morgan fingerprint density at radius 2 is 1.81 bits per heavy atom. The number of aliphatic hydroxyl groups is 1. The van der Waals surface area contributed by atoms with Gasteiger partial charge in [-0.2, -0.15) is 0 Å². The summed E-state index contributed by atoms with van der Waals surface area (Å²) in [5.41, 5.74) is 1.37. The summed E-state index contributed by atoms with van der Waals surface area (Å²) in [5, 5.41) is 10.9. The van der Waals surface area contributed by atoms with Crippen molar-refractivity contribution in [1.82, 2.24) is 4.90 Å². The Hall–Kier alpha value is -3.08. The normalized spacial score (nSPS) is 18.7. The van der Waals surface area contributed by atoms with Gasteiger partial charge < -0.3 is 14.7 Å². The molecular weight excluding hydrogens is 342 g/mol. The predicted octanol–water partition coefficient (Wildman–Crippen LogP) is 3.92. The van der Waals surface area contributed by atoms with Gasteiger partial charge >= 0.3 is 0 Å². The van der Waals surface area contributed by atoms with Gasteiger partial charge in [0, 0.05) is 12.1 Å². The van der Waals surface area contributed by atoms with Gasteiger partial charge in [0.15, 0.2) is 0 Å². The number of amides is 1. The molecule has 1 aliphatic rings. The molecule has 0 radical (unpaired) electrons. The first-order valence-corrected chi connectivity index (χ1v) is 9.15. The smallest absolute Gasteiger partial charge is 0.295 e. The highest BCUT2D eigenvalue weighted by molar-refractivity contribution is 6.46. The molecule has 3 rings (SSSR count). The molecule has 0 bridgehead atoms. The highest BCUT2D eigenvalue weighted by atomic mass is 16.5. The van der Waals surface area contributed by atoms with E-state index in [2.05, 4.69) is 0 Å². The summed E-state index contributed by atoms with van der Waals surface area (Å²) < 4.78 is 5.48. The molecule has 2 aromatic carbocycles. The molecule has 1 heterocycles. The fourth-order valence-electron chi connectivity index (χ4n) is 3.39. The molecule has 1 unspecified atom stereocenters. The zero-order chi connectivity index (χ0) is 19.4. The van der Waals surface area contributed by atoms with Gasteiger partial charge in [0.1, 0.15) is 11.5 Å². The highest BCUT2D eigenvalue weighted by Gasteiger charge is 2.45. The van der Waals surface area contributed by atoms with Crippen LogP contribution in [-0.4, -0.2) is 34.8 Å². The monoisotopic (exact) mass is 365 g/mol. The average molecular weight is 365 g/mol. The number of Topliss-reactive ketones (excluding diaryl/α,β-unsaturated/α-hetero) is 1.